The zero-order valence-corrected chi connectivity index (χ0v) is 19.1. The van der Waals surface area contributed by atoms with Gasteiger partial charge in [-0.25, -0.2) is 9.97 Å². The molecule has 0 saturated carbocycles. The van der Waals surface area contributed by atoms with Crippen LogP contribution in [-0.4, -0.2) is 26.6 Å². The largest absolute Gasteiger partial charge is 0.351 e. The van der Waals surface area contributed by atoms with Crippen LogP contribution < -0.4 is 10.9 Å². The van der Waals surface area contributed by atoms with Crippen LogP contribution >= 0.6 is 23.1 Å². The molecule has 1 aromatic carbocycles. The summed E-state index contributed by atoms with van der Waals surface area (Å²) in [6, 6.07) is 10.2. The van der Waals surface area contributed by atoms with Crippen molar-refractivity contribution in [1.29, 1.82) is 0 Å². The van der Waals surface area contributed by atoms with Crippen molar-refractivity contribution in [3.8, 4) is 11.1 Å². The number of H-pyrrole nitrogens is 1. The fraction of sp³-hybridized carbons (Fsp3) is 0.217. The summed E-state index contributed by atoms with van der Waals surface area (Å²) in [4.78, 5) is 37.1. The highest BCUT2D eigenvalue weighted by Gasteiger charge is 2.15. The lowest BCUT2D eigenvalue weighted by molar-refractivity contribution is -0.118. The van der Waals surface area contributed by atoms with Crippen molar-refractivity contribution in [1.82, 2.24) is 20.3 Å². The second-order valence-corrected chi connectivity index (χ2v) is 9.20. The molecule has 0 spiro atoms. The van der Waals surface area contributed by atoms with Crippen LogP contribution in [0.1, 0.15) is 22.4 Å². The van der Waals surface area contributed by atoms with Crippen molar-refractivity contribution in [2.24, 2.45) is 0 Å². The third kappa shape index (κ3) is 4.70. The van der Waals surface area contributed by atoms with Crippen LogP contribution in [0.25, 0.3) is 21.3 Å². The summed E-state index contributed by atoms with van der Waals surface area (Å²) in [5.41, 5.74) is 5.47. The summed E-state index contributed by atoms with van der Waals surface area (Å²) in [5.74, 6) is 0.0567. The minimum atomic E-state index is -0.163. The molecule has 158 valence electrons. The Morgan fingerprint density at radius 3 is 2.68 bits per heavy atom. The molecule has 0 aliphatic heterocycles. The van der Waals surface area contributed by atoms with Crippen LogP contribution in [0, 0.1) is 20.8 Å². The lowest BCUT2D eigenvalue weighted by Gasteiger charge is -2.09. The number of aromatic amines is 1. The maximum absolute atomic E-state index is 12.5. The number of carbonyl (C=O) groups is 1. The molecular weight excluding hydrogens is 428 g/mol. The third-order valence-electron chi connectivity index (χ3n) is 4.99. The Bertz CT molecular complexity index is 1310. The molecule has 0 fully saturated rings. The minimum absolute atomic E-state index is 0.150. The summed E-state index contributed by atoms with van der Waals surface area (Å²) in [6.07, 6.45) is 1.53. The summed E-state index contributed by atoms with van der Waals surface area (Å²) in [6.45, 7) is 5.97. The summed E-state index contributed by atoms with van der Waals surface area (Å²) in [7, 11) is 0. The number of carbonyl (C=O) groups excluding carboxylic acids is 1. The van der Waals surface area contributed by atoms with Gasteiger partial charge in [-0.15, -0.1) is 11.3 Å². The monoisotopic (exact) mass is 450 g/mol. The summed E-state index contributed by atoms with van der Waals surface area (Å²) >= 11 is 2.95. The SMILES string of the molecule is Cc1ccc(-c2csc3ncnc(SCC(=O)NCc4c(C)cc(C)[nH]c4=O)c23)cc1. The number of thiophene rings is 1. The van der Waals surface area contributed by atoms with Crippen molar-refractivity contribution >= 4 is 39.2 Å². The molecule has 0 atom stereocenters. The van der Waals surface area contributed by atoms with Crippen LogP contribution in [0.4, 0.5) is 0 Å². The first-order valence-corrected chi connectivity index (χ1v) is 11.7. The Morgan fingerprint density at radius 1 is 1.16 bits per heavy atom. The van der Waals surface area contributed by atoms with Crippen molar-refractivity contribution in [3.05, 3.63) is 74.8 Å². The Hall–Kier alpha value is -2.97. The quantitative estimate of drug-likeness (QED) is 0.336. The summed E-state index contributed by atoms with van der Waals surface area (Å²) in [5, 5.41) is 6.68. The Kier molecular flexibility index (Phi) is 6.20. The molecule has 3 aromatic heterocycles. The van der Waals surface area contributed by atoms with Crippen LogP contribution in [0.15, 0.2) is 51.9 Å². The Labute approximate surface area is 188 Å². The lowest BCUT2D eigenvalue weighted by Crippen LogP contribution is -2.29. The average molecular weight is 451 g/mol. The van der Waals surface area contributed by atoms with E-state index in [1.54, 1.807) is 11.3 Å². The van der Waals surface area contributed by atoms with Crippen molar-refractivity contribution in [3.63, 3.8) is 0 Å². The van der Waals surface area contributed by atoms with E-state index in [9.17, 15) is 9.59 Å². The molecule has 1 amide bonds. The van der Waals surface area contributed by atoms with E-state index in [0.717, 1.165) is 37.6 Å². The van der Waals surface area contributed by atoms with E-state index in [2.05, 4.69) is 56.8 Å². The standard InChI is InChI=1S/C23H22N4O2S2/c1-13-4-6-16(7-5-13)18-10-30-22-20(18)23(26-12-25-22)31-11-19(28)24-9-17-14(2)8-15(3)27-21(17)29/h4-8,10,12H,9,11H2,1-3H3,(H,24,28)(H,27,29). The highest BCUT2D eigenvalue weighted by molar-refractivity contribution is 8.00. The number of benzene rings is 1. The van der Waals surface area contributed by atoms with Crippen LogP contribution in [0.5, 0.6) is 0 Å². The van der Waals surface area contributed by atoms with Gasteiger partial charge >= 0.3 is 0 Å². The smallest absolute Gasteiger partial charge is 0.253 e. The fourth-order valence-corrected chi connectivity index (χ4v) is 5.20. The van der Waals surface area contributed by atoms with Crippen molar-refractivity contribution in [2.45, 2.75) is 32.3 Å². The normalized spacial score (nSPS) is 11.1. The van der Waals surface area contributed by atoms with E-state index in [0.29, 0.717) is 5.56 Å². The molecule has 8 heteroatoms. The van der Waals surface area contributed by atoms with Gasteiger partial charge in [-0.05, 0) is 38.0 Å². The summed E-state index contributed by atoms with van der Waals surface area (Å²) < 4.78 is 0. The Balaban J connectivity index is 1.49. The van der Waals surface area contributed by atoms with E-state index >= 15 is 0 Å². The molecule has 3 heterocycles. The number of aromatic nitrogens is 3. The zero-order valence-electron chi connectivity index (χ0n) is 17.5. The van der Waals surface area contributed by atoms with Crippen molar-refractivity contribution in [2.75, 3.05) is 5.75 Å². The van der Waals surface area contributed by atoms with Gasteiger partial charge in [0, 0.05) is 28.7 Å². The molecule has 0 aliphatic rings. The number of hydrogen-bond donors (Lipinski definition) is 2. The Morgan fingerprint density at radius 2 is 1.94 bits per heavy atom. The van der Waals surface area contributed by atoms with Crippen LogP contribution in [-0.2, 0) is 11.3 Å². The van der Waals surface area contributed by atoms with E-state index in [1.807, 2.05) is 19.9 Å². The fourth-order valence-electron chi connectivity index (χ4n) is 3.38. The molecule has 0 saturated heterocycles. The minimum Gasteiger partial charge on any atom is -0.351 e. The maximum Gasteiger partial charge on any atom is 0.253 e. The number of pyridine rings is 1. The number of hydrogen-bond acceptors (Lipinski definition) is 6. The molecule has 0 unspecified atom stereocenters. The number of nitrogens with zero attached hydrogens (tertiary/aromatic N) is 2. The zero-order chi connectivity index (χ0) is 22.0. The predicted molar refractivity (Wildman–Crippen MR) is 127 cm³/mol. The number of rotatable bonds is 6. The van der Waals surface area contributed by atoms with Gasteiger partial charge in [0.1, 0.15) is 16.2 Å². The molecule has 0 aliphatic carbocycles. The highest BCUT2D eigenvalue weighted by Crippen LogP contribution is 2.37. The number of nitrogens with one attached hydrogen (secondary N) is 2. The second-order valence-electron chi connectivity index (χ2n) is 7.38. The van der Waals surface area contributed by atoms with E-state index in [4.69, 9.17) is 0 Å². The van der Waals surface area contributed by atoms with Gasteiger partial charge < -0.3 is 10.3 Å². The average Bonchev–Trinajstić information content (AvgIpc) is 3.17. The molecule has 31 heavy (non-hydrogen) atoms. The molecule has 0 bridgehead atoms. The predicted octanol–water partition coefficient (Wildman–Crippen LogP) is 4.38. The van der Waals surface area contributed by atoms with Gasteiger partial charge in [-0.1, -0.05) is 41.6 Å². The van der Waals surface area contributed by atoms with E-state index < -0.39 is 0 Å². The van der Waals surface area contributed by atoms with E-state index in [1.165, 1.54) is 23.7 Å². The number of fused-ring (bicyclic) bond motifs is 1. The number of amides is 1. The van der Waals surface area contributed by atoms with Gasteiger partial charge in [0.2, 0.25) is 5.91 Å². The van der Waals surface area contributed by atoms with Gasteiger partial charge in [0.25, 0.3) is 5.56 Å². The topological polar surface area (TPSA) is 87.7 Å². The van der Waals surface area contributed by atoms with Crippen molar-refractivity contribution < 1.29 is 4.79 Å². The van der Waals surface area contributed by atoms with Gasteiger partial charge in [0.05, 0.1) is 11.1 Å². The van der Waals surface area contributed by atoms with Gasteiger partial charge in [0.15, 0.2) is 0 Å². The lowest BCUT2D eigenvalue weighted by atomic mass is 10.1. The number of aryl methyl sites for hydroxylation is 3. The molecule has 6 nitrogen and oxygen atoms in total. The van der Waals surface area contributed by atoms with Crippen LogP contribution in [0.2, 0.25) is 0 Å². The maximum atomic E-state index is 12.5. The van der Waals surface area contributed by atoms with Gasteiger partial charge in [-0.2, -0.15) is 0 Å². The van der Waals surface area contributed by atoms with Gasteiger partial charge in [-0.3, -0.25) is 9.59 Å². The molecular formula is C23H22N4O2S2. The first kappa shape index (κ1) is 21.3. The molecule has 4 rings (SSSR count). The first-order chi connectivity index (χ1) is 14.9. The first-order valence-electron chi connectivity index (χ1n) is 9.80. The molecule has 0 radical (unpaired) electrons. The molecule has 2 N–H and O–H groups in total. The number of thioether (sulfide) groups is 1. The second kappa shape index (κ2) is 9.03. The van der Waals surface area contributed by atoms with Crippen LogP contribution in [0.3, 0.4) is 0 Å². The highest BCUT2D eigenvalue weighted by atomic mass is 32.2. The molecule has 4 aromatic rings. The van der Waals surface area contributed by atoms with E-state index in [-0.39, 0.29) is 23.8 Å². The third-order valence-corrected chi connectivity index (χ3v) is 6.87.